The van der Waals surface area contributed by atoms with Crippen LogP contribution in [0.25, 0.3) is 0 Å². The minimum absolute atomic E-state index is 0.0120. The lowest BCUT2D eigenvalue weighted by Gasteiger charge is -2.09. The lowest BCUT2D eigenvalue weighted by atomic mass is 10.1. The van der Waals surface area contributed by atoms with Crippen LogP contribution >= 0.6 is 0 Å². The van der Waals surface area contributed by atoms with Crippen LogP contribution in [0, 0.1) is 12.8 Å². The van der Waals surface area contributed by atoms with Crippen LogP contribution in [-0.4, -0.2) is 12.6 Å². The van der Waals surface area contributed by atoms with E-state index in [9.17, 15) is 4.79 Å². The minimum atomic E-state index is -0.0120. The number of carbonyl (C=O) groups excluding carboxylic acids is 1. The van der Waals surface area contributed by atoms with E-state index < -0.39 is 0 Å². The van der Waals surface area contributed by atoms with Gasteiger partial charge in [-0.05, 0) is 18.8 Å². The summed E-state index contributed by atoms with van der Waals surface area (Å²) in [4.78, 5) is 11.3. The van der Waals surface area contributed by atoms with Crippen LogP contribution in [0.2, 0.25) is 0 Å². The van der Waals surface area contributed by atoms with Crippen molar-refractivity contribution in [3.8, 4) is 0 Å². The van der Waals surface area contributed by atoms with Crippen LogP contribution in [0.15, 0.2) is 0 Å². The number of esters is 1. The Labute approximate surface area is 99.8 Å². The standard InChI is InChI=1S/C14H25O2/c1-2-3-4-5-10-14(15)16-12-11-13-8-6-7-9-13/h13H,1-12H2. The third-order valence-corrected chi connectivity index (χ3v) is 3.39. The van der Waals surface area contributed by atoms with Gasteiger partial charge in [-0.2, -0.15) is 0 Å². The van der Waals surface area contributed by atoms with Crippen LogP contribution in [-0.2, 0) is 9.53 Å². The van der Waals surface area contributed by atoms with Crippen LogP contribution in [0.1, 0.15) is 64.2 Å². The quantitative estimate of drug-likeness (QED) is 0.462. The van der Waals surface area contributed by atoms with Crippen molar-refractivity contribution < 1.29 is 9.53 Å². The van der Waals surface area contributed by atoms with Crippen LogP contribution in [0.4, 0.5) is 0 Å². The summed E-state index contributed by atoms with van der Waals surface area (Å²) in [5.41, 5.74) is 0. The van der Waals surface area contributed by atoms with Crippen molar-refractivity contribution in [3.05, 3.63) is 6.92 Å². The Morgan fingerprint density at radius 3 is 2.62 bits per heavy atom. The molecule has 0 N–H and O–H groups in total. The second kappa shape index (κ2) is 8.60. The summed E-state index contributed by atoms with van der Waals surface area (Å²) in [6, 6.07) is 0. The second-order valence-electron chi connectivity index (χ2n) is 4.82. The second-order valence-corrected chi connectivity index (χ2v) is 4.82. The molecule has 16 heavy (non-hydrogen) atoms. The van der Waals surface area contributed by atoms with Crippen molar-refractivity contribution in [3.63, 3.8) is 0 Å². The zero-order valence-corrected chi connectivity index (χ0v) is 10.4. The van der Waals surface area contributed by atoms with Gasteiger partial charge in [-0.3, -0.25) is 4.79 Å². The van der Waals surface area contributed by atoms with Crippen LogP contribution in [0.5, 0.6) is 0 Å². The molecule has 0 saturated heterocycles. The maximum Gasteiger partial charge on any atom is 0.305 e. The molecule has 0 spiro atoms. The zero-order chi connectivity index (χ0) is 11.6. The monoisotopic (exact) mass is 225 g/mol. The van der Waals surface area contributed by atoms with E-state index >= 15 is 0 Å². The van der Waals surface area contributed by atoms with Gasteiger partial charge in [0, 0.05) is 6.42 Å². The summed E-state index contributed by atoms with van der Waals surface area (Å²) in [6.45, 7) is 4.42. The first-order valence-electron chi connectivity index (χ1n) is 6.78. The fraction of sp³-hybridized carbons (Fsp3) is 0.857. The Morgan fingerprint density at radius 1 is 1.19 bits per heavy atom. The Bertz CT molecular complexity index is 183. The van der Waals surface area contributed by atoms with Gasteiger partial charge in [0.15, 0.2) is 0 Å². The van der Waals surface area contributed by atoms with Gasteiger partial charge in [0.1, 0.15) is 0 Å². The molecule has 0 aromatic carbocycles. The van der Waals surface area contributed by atoms with E-state index in [0.29, 0.717) is 13.0 Å². The number of unbranched alkanes of at least 4 members (excludes halogenated alkanes) is 3. The number of hydrogen-bond donors (Lipinski definition) is 0. The summed E-state index contributed by atoms with van der Waals surface area (Å²) in [7, 11) is 0. The first kappa shape index (κ1) is 13.5. The molecule has 0 amide bonds. The Balaban J connectivity index is 1.89. The van der Waals surface area contributed by atoms with Crippen molar-refractivity contribution in [2.45, 2.75) is 64.2 Å². The summed E-state index contributed by atoms with van der Waals surface area (Å²) >= 11 is 0. The topological polar surface area (TPSA) is 26.3 Å². The molecule has 1 fully saturated rings. The summed E-state index contributed by atoms with van der Waals surface area (Å²) < 4.78 is 5.23. The fourth-order valence-corrected chi connectivity index (χ4v) is 2.33. The van der Waals surface area contributed by atoms with E-state index in [1.54, 1.807) is 0 Å². The molecule has 0 heterocycles. The van der Waals surface area contributed by atoms with Gasteiger partial charge in [0.2, 0.25) is 0 Å². The predicted molar refractivity (Wildman–Crippen MR) is 66.0 cm³/mol. The Morgan fingerprint density at radius 2 is 1.94 bits per heavy atom. The maximum absolute atomic E-state index is 11.3. The number of carbonyl (C=O) groups is 1. The SMILES string of the molecule is [CH2]CCCCCC(=O)OCCC1CCCC1. The lowest BCUT2D eigenvalue weighted by Crippen LogP contribution is -2.08. The molecule has 0 unspecified atom stereocenters. The van der Waals surface area contributed by atoms with E-state index in [1.807, 2.05) is 0 Å². The summed E-state index contributed by atoms with van der Waals surface area (Å²) in [5.74, 6) is 0.807. The number of rotatable bonds is 8. The molecule has 0 aromatic rings. The van der Waals surface area contributed by atoms with Gasteiger partial charge in [0.05, 0.1) is 6.61 Å². The molecule has 1 rings (SSSR count). The van der Waals surface area contributed by atoms with Gasteiger partial charge >= 0.3 is 5.97 Å². The summed E-state index contributed by atoms with van der Waals surface area (Å²) in [6.07, 6.45) is 11.2. The van der Waals surface area contributed by atoms with E-state index in [-0.39, 0.29) is 5.97 Å². The lowest BCUT2D eigenvalue weighted by molar-refractivity contribution is -0.144. The molecule has 2 nitrogen and oxygen atoms in total. The van der Waals surface area contributed by atoms with Gasteiger partial charge in [0.25, 0.3) is 0 Å². The van der Waals surface area contributed by atoms with Crippen molar-refractivity contribution in [1.82, 2.24) is 0 Å². The highest BCUT2D eigenvalue weighted by Crippen LogP contribution is 2.27. The molecule has 1 radical (unpaired) electrons. The molecule has 0 aromatic heterocycles. The predicted octanol–water partition coefficient (Wildman–Crippen LogP) is 3.89. The average Bonchev–Trinajstić information content (AvgIpc) is 2.77. The molecular formula is C14H25O2. The smallest absolute Gasteiger partial charge is 0.305 e. The van der Waals surface area contributed by atoms with Gasteiger partial charge in [-0.25, -0.2) is 0 Å². The van der Waals surface area contributed by atoms with Gasteiger partial charge < -0.3 is 4.74 Å². The first-order chi connectivity index (χ1) is 7.83. The molecular weight excluding hydrogens is 200 g/mol. The molecule has 0 atom stereocenters. The van der Waals surface area contributed by atoms with Crippen molar-refractivity contribution in [2.24, 2.45) is 5.92 Å². The molecule has 0 bridgehead atoms. The van der Waals surface area contributed by atoms with E-state index in [2.05, 4.69) is 6.92 Å². The normalized spacial score (nSPS) is 16.6. The van der Waals surface area contributed by atoms with Gasteiger partial charge in [-0.1, -0.05) is 51.9 Å². The largest absolute Gasteiger partial charge is 0.466 e. The molecule has 1 saturated carbocycles. The molecule has 1 aliphatic carbocycles. The van der Waals surface area contributed by atoms with E-state index in [1.165, 1.54) is 25.7 Å². The fourth-order valence-electron chi connectivity index (χ4n) is 2.33. The molecule has 2 heteroatoms. The van der Waals surface area contributed by atoms with Crippen LogP contribution in [0.3, 0.4) is 0 Å². The van der Waals surface area contributed by atoms with E-state index in [4.69, 9.17) is 4.74 Å². The maximum atomic E-state index is 11.3. The van der Waals surface area contributed by atoms with Gasteiger partial charge in [-0.15, -0.1) is 0 Å². The number of ether oxygens (including phenoxy) is 1. The third kappa shape index (κ3) is 6.14. The average molecular weight is 225 g/mol. The third-order valence-electron chi connectivity index (χ3n) is 3.39. The number of hydrogen-bond acceptors (Lipinski definition) is 2. The Hall–Kier alpha value is -0.530. The first-order valence-corrected chi connectivity index (χ1v) is 6.78. The highest BCUT2D eigenvalue weighted by molar-refractivity contribution is 5.69. The minimum Gasteiger partial charge on any atom is -0.466 e. The highest BCUT2D eigenvalue weighted by atomic mass is 16.5. The van der Waals surface area contributed by atoms with Crippen molar-refractivity contribution in [2.75, 3.05) is 6.61 Å². The highest BCUT2D eigenvalue weighted by Gasteiger charge is 2.15. The summed E-state index contributed by atoms with van der Waals surface area (Å²) in [5, 5.41) is 0. The van der Waals surface area contributed by atoms with Crippen LogP contribution < -0.4 is 0 Å². The molecule has 93 valence electrons. The molecule has 0 aliphatic heterocycles. The van der Waals surface area contributed by atoms with Crippen molar-refractivity contribution >= 4 is 5.97 Å². The molecule has 1 aliphatic rings. The zero-order valence-electron chi connectivity index (χ0n) is 10.4. The Kier molecular flexibility index (Phi) is 7.28. The van der Waals surface area contributed by atoms with E-state index in [0.717, 1.165) is 38.0 Å². The van der Waals surface area contributed by atoms with Crippen molar-refractivity contribution in [1.29, 1.82) is 0 Å².